The lowest BCUT2D eigenvalue weighted by Gasteiger charge is -2.11. The van der Waals surface area contributed by atoms with Gasteiger partial charge in [-0.15, -0.1) is 11.6 Å². The van der Waals surface area contributed by atoms with Crippen molar-refractivity contribution in [2.45, 2.75) is 6.10 Å². The molecule has 1 aromatic heterocycles. The predicted molar refractivity (Wildman–Crippen MR) is 64.8 cm³/mol. The second-order valence-electron chi connectivity index (χ2n) is 3.42. The van der Waals surface area contributed by atoms with Crippen LogP contribution < -0.4 is 5.32 Å². The van der Waals surface area contributed by atoms with Gasteiger partial charge in [-0.3, -0.25) is 9.97 Å². The van der Waals surface area contributed by atoms with Gasteiger partial charge in [0.1, 0.15) is 5.52 Å². The van der Waals surface area contributed by atoms with Gasteiger partial charge in [0, 0.05) is 18.9 Å². The van der Waals surface area contributed by atoms with Crippen LogP contribution in [0.1, 0.15) is 0 Å². The number of para-hydroxylation sites is 1. The fourth-order valence-electron chi connectivity index (χ4n) is 1.42. The second kappa shape index (κ2) is 5.09. The summed E-state index contributed by atoms with van der Waals surface area (Å²) in [6.07, 6.45) is 2.74. The molecule has 0 aliphatic rings. The highest BCUT2D eigenvalue weighted by atomic mass is 35.5. The van der Waals surface area contributed by atoms with Crippen molar-refractivity contribution in [3.63, 3.8) is 0 Å². The maximum Gasteiger partial charge on any atom is 0.112 e. The minimum absolute atomic E-state index is 0.212. The summed E-state index contributed by atoms with van der Waals surface area (Å²) in [6.45, 7) is 0.402. The molecule has 0 aliphatic carbocycles. The highest BCUT2D eigenvalue weighted by Crippen LogP contribution is 2.18. The van der Waals surface area contributed by atoms with Crippen LogP contribution in [0.15, 0.2) is 30.6 Å². The summed E-state index contributed by atoms with van der Waals surface area (Å²) in [7, 11) is 0. The molecule has 0 amide bonds. The summed E-state index contributed by atoms with van der Waals surface area (Å²) in [5, 5.41) is 12.5. The smallest absolute Gasteiger partial charge is 0.112 e. The molecule has 1 aromatic carbocycles. The lowest BCUT2D eigenvalue weighted by atomic mass is 10.2. The molecule has 1 atom stereocenters. The Morgan fingerprint density at radius 3 is 2.94 bits per heavy atom. The SMILES string of the molecule is OC(CCl)CNc1cccc2nccnc12. The molecule has 16 heavy (non-hydrogen) atoms. The van der Waals surface area contributed by atoms with E-state index in [2.05, 4.69) is 15.3 Å². The van der Waals surface area contributed by atoms with E-state index in [1.165, 1.54) is 0 Å². The molecule has 4 nitrogen and oxygen atoms in total. The van der Waals surface area contributed by atoms with E-state index >= 15 is 0 Å². The van der Waals surface area contributed by atoms with E-state index in [0.717, 1.165) is 16.7 Å². The van der Waals surface area contributed by atoms with Gasteiger partial charge in [0.2, 0.25) is 0 Å². The Hall–Kier alpha value is -1.39. The highest BCUT2D eigenvalue weighted by molar-refractivity contribution is 6.18. The first kappa shape index (κ1) is 11.1. The fraction of sp³-hybridized carbons (Fsp3) is 0.273. The van der Waals surface area contributed by atoms with Crippen molar-refractivity contribution in [1.29, 1.82) is 0 Å². The van der Waals surface area contributed by atoms with Crippen LogP contribution in [-0.2, 0) is 0 Å². The normalized spacial score (nSPS) is 12.6. The number of nitrogens with zero attached hydrogens (tertiary/aromatic N) is 2. The standard InChI is InChI=1S/C11H12ClN3O/c12-6-8(16)7-15-10-3-1-2-9-11(10)14-5-4-13-9/h1-5,8,15-16H,6-7H2. The Morgan fingerprint density at radius 1 is 1.31 bits per heavy atom. The fourth-order valence-corrected chi connectivity index (χ4v) is 1.53. The third-order valence-electron chi connectivity index (χ3n) is 2.20. The molecule has 0 aliphatic heterocycles. The van der Waals surface area contributed by atoms with Crippen LogP contribution in [0.2, 0.25) is 0 Å². The van der Waals surface area contributed by atoms with E-state index in [-0.39, 0.29) is 5.88 Å². The molecule has 0 bridgehead atoms. The summed E-state index contributed by atoms with van der Waals surface area (Å²) < 4.78 is 0. The number of aliphatic hydroxyl groups excluding tert-OH is 1. The van der Waals surface area contributed by atoms with Crippen molar-refractivity contribution in [2.24, 2.45) is 0 Å². The first-order valence-electron chi connectivity index (χ1n) is 4.99. The summed E-state index contributed by atoms with van der Waals surface area (Å²) >= 11 is 5.52. The maximum atomic E-state index is 9.36. The number of hydrogen-bond donors (Lipinski definition) is 2. The molecule has 2 rings (SSSR count). The molecule has 84 valence electrons. The van der Waals surface area contributed by atoms with Crippen molar-refractivity contribution >= 4 is 28.3 Å². The highest BCUT2D eigenvalue weighted by Gasteiger charge is 2.05. The summed E-state index contributed by atoms with van der Waals surface area (Å²) in [6, 6.07) is 5.69. The number of rotatable bonds is 4. The predicted octanol–water partition coefficient (Wildman–Crippen LogP) is 1.64. The summed E-state index contributed by atoms with van der Waals surface area (Å²) in [4.78, 5) is 8.44. The summed E-state index contributed by atoms with van der Waals surface area (Å²) in [5.74, 6) is 0.212. The van der Waals surface area contributed by atoms with Crippen LogP contribution in [0, 0.1) is 0 Å². The number of anilines is 1. The third-order valence-corrected chi connectivity index (χ3v) is 2.56. The van der Waals surface area contributed by atoms with E-state index in [1.54, 1.807) is 12.4 Å². The molecule has 2 N–H and O–H groups in total. The zero-order valence-electron chi connectivity index (χ0n) is 8.60. The molecule has 0 radical (unpaired) electrons. The topological polar surface area (TPSA) is 58.0 Å². The first-order chi connectivity index (χ1) is 7.81. The maximum absolute atomic E-state index is 9.36. The van der Waals surface area contributed by atoms with Crippen LogP contribution in [0.4, 0.5) is 5.69 Å². The van der Waals surface area contributed by atoms with Crippen LogP contribution in [0.5, 0.6) is 0 Å². The molecular formula is C11H12ClN3O. The number of nitrogens with one attached hydrogen (secondary N) is 1. The Bertz CT molecular complexity index is 472. The molecule has 0 saturated carbocycles. The van der Waals surface area contributed by atoms with E-state index in [1.807, 2.05) is 18.2 Å². The average molecular weight is 238 g/mol. The molecule has 0 spiro atoms. The third kappa shape index (κ3) is 2.40. The Kier molecular flexibility index (Phi) is 3.54. The van der Waals surface area contributed by atoms with Crippen molar-refractivity contribution in [2.75, 3.05) is 17.7 Å². The molecule has 2 aromatic rings. The van der Waals surface area contributed by atoms with Crippen molar-refractivity contribution in [3.05, 3.63) is 30.6 Å². The van der Waals surface area contributed by atoms with E-state index < -0.39 is 6.10 Å². The van der Waals surface area contributed by atoms with Gasteiger partial charge in [-0.05, 0) is 12.1 Å². The minimum Gasteiger partial charge on any atom is -0.390 e. The number of benzene rings is 1. The minimum atomic E-state index is -0.561. The molecular weight excluding hydrogens is 226 g/mol. The van der Waals surface area contributed by atoms with Crippen LogP contribution >= 0.6 is 11.6 Å². The molecule has 1 heterocycles. The lowest BCUT2D eigenvalue weighted by molar-refractivity contribution is 0.211. The van der Waals surface area contributed by atoms with Crippen LogP contribution in [-0.4, -0.2) is 33.6 Å². The van der Waals surface area contributed by atoms with E-state index in [4.69, 9.17) is 11.6 Å². The molecule has 0 saturated heterocycles. The first-order valence-corrected chi connectivity index (χ1v) is 5.52. The molecule has 5 heteroatoms. The number of hydrogen-bond acceptors (Lipinski definition) is 4. The Balaban J connectivity index is 2.23. The second-order valence-corrected chi connectivity index (χ2v) is 3.73. The van der Waals surface area contributed by atoms with Crippen LogP contribution in [0.25, 0.3) is 11.0 Å². The largest absolute Gasteiger partial charge is 0.390 e. The average Bonchev–Trinajstić information content (AvgIpc) is 2.35. The Morgan fingerprint density at radius 2 is 2.12 bits per heavy atom. The van der Waals surface area contributed by atoms with Gasteiger partial charge in [-0.1, -0.05) is 6.07 Å². The number of aromatic nitrogens is 2. The van der Waals surface area contributed by atoms with Gasteiger partial charge in [0.05, 0.1) is 23.2 Å². The van der Waals surface area contributed by atoms with Gasteiger partial charge in [-0.2, -0.15) is 0 Å². The quantitative estimate of drug-likeness (QED) is 0.794. The van der Waals surface area contributed by atoms with Gasteiger partial charge in [-0.25, -0.2) is 0 Å². The van der Waals surface area contributed by atoms with E-state index in [9.17, 15) is 5.11 Å². The number of halogens is 1. The van der Waals surface area contributed by atoms with E-state index in [0.29, 0.717) is 6.54 Å². The van der Waals surface area contributed by atoms with Gasteiger partial charge >= 0.3 is 0 Å². The zero-order chi connectivity index (χ0) is 11.4. The zero-order valence-corrected chi connectivity index (χ0v) is 9.35. The van der Waals surface area contributed by atoms with Crippen molar-refractivity contribution < 1.29 is 5.11 Å². The van der Waals surface area contributed by atoms with Gasteiger partial charge < -0.3 is 10.4 Å². The van der Waals surface area contributed by atoms with Crippen molar-refractivity contribution in [1.82, 2.24) is 9.97 Å². The van der Waals surface area contributed by atoms with Gasteiger partial charge in [0.15, 0.2) is 0 Å². The van der Waals surface area contributed by atoms with Crippen LogP contribution in [0.3, 0.4) is 0 Å². The number of aliphatic hydroxyl groups is 1. The number of alkyl halides is 1. The molecule has 1 unspecified atom stereocenters. The Labute approximate surface area is 98.3 Å². The lowest BCUT2D eigenvalue weighted by Crippen LogP contribution is -2.20. The monoisotopic (exact) mass is 237 g/mol. The van der Waals surface area contributed by atoms with Gasteiger partial charge in [0.25, 0.3) is 0 Å². The summed E-state index contributed by atoms with van der Waals surface area (Å²) in [5.41, 5.74) is 2.48. The number of fused-ring (bicyclic) bond motifs is 1. The van der Waals surface area contributed by atoms with Crippen molar-refractivity contribution in [3.8, 4) is 0 Å². The molecule has 0 fully saturated rings.